The van der Waals surface area contributed by atoms with Crippen molar-refractivity contribution in [2.24, 2.45) is 0 Å². The Balaban J connectivity index is 1.55. The van der Waals surface area contributed by atoms with Gasteiger partial charge >= 0.3 is 0 Å². The molecule has 0 N–H and O–H groups in total. The lowest BCUT2D eigenvalue weighted by atomic mass is 10.0. The van der Waals surface area contributed by atoms with Gasteiger partial charge in [-0.05, 0) is 29.7 Å². The van der Waals surface area contributed by atoms with Crippen LogP contribution in [0.15, 0.2) is 94.9 Å². The first-order valence-corrected chi connectivity index (χ1v) is 10.8. The lowest BCUT2D eigenvalue weighted by molar-refractivity contribution is 0.427. The molecule has 0 spiro atoms. The van der Waals surface area contributed by atoms with Crippen LogP contribution < -0.4 is 0 Å². The van der Waals surface area contributed by atoms with Crippen molar-refractivity contribution in [2.45, 2.75) is 12.7 Å². The van der Waals surface area contributed by atoms with Gasteiger partial charge in [-0.15, -0.1) is 0 Å². The molecule has 0 aliphatic heterocycles. The van der Waals surface area contributed by atoms with Gasteiger partial charge in [0.05, 0.1) is 22.2 Å². The Morgan fingerprint density at radius 1 is 0.828 bits per heavy atom. The average molecular weight is 400 g/mol. The van der Waals surface area contributed by atoms with E-state index < -0.39 is 10.8 Å². The molecule has 1 aromatic heterocycles. The van der Waals surface area contributed by atoms with Crippen LogP contribution in [0.25, 0.3) is 28.5 Å². The molecular weight excluding hydrogens is 378 g/mol. The van der Waals surface area contributed by atoms with Gasteiger partial charge in [-0.3, -0.25) is 4.21 Å². The number of nitrogens with zero attached hydrogens (tertiary/aromatic N) is 1. The van der Waals surface area contributed by atoms with Crippen molar-refractivity contribution in [1.82, 2.24) is 5.16 Å². The van der Waals surface area contributed by atoms with Crippen LogP contribution in [0.4, 0.5) is 0 Å². The van der Waals surface area contributed by atoms with E-state index in [0.29, 0.717) is 11.5 Å². The minimum Gasteiger partial charge on any atom is -0.355 e. The maximum atomic E-state index is 12.4. The molecule has 144 valence electrons. The fraction of sp³-hybridized carbons (Fsp3) is 0.0800. The zero-order valence-corrected chi connectivity index (χ0v) is 16.9. The maximum absolute atomic E-state index is 12.4. The molecule has 0 aliphatic rings. The van der Waals surface area contributed by atoms with Crippen molar-refractivity contribution in [3.8, 4) is 22.5 Å². The highest BCUT2D eigenvalue weighted by atomic mass is 32.2. The van der Waals surface area contributed by atoms with E-state index in [0.717, 1.165) is 27.9 Å². The normalized spacial score (nSPS) is 12.3. The second-order valence-electron chi connectivity index (χ2n) is 6.77. The van der Waals surface area contributed by atoms with Crippen LogP contribution in [0.1, 0.15) is 16.8 Å². The lowest BCUT2D eigenvalue weighted by Gasteiger charge is -2.03. The van der Waals surface area contributed by atoms with Gasteiger partial charge in [0.1, 0.15) is 0 Å². The number of benzene rings is 3. The Morgan fingerprint density at radius 2 is 1.41 bits per heavy atom. The van der Waals surface area contributed by atoms with Gasteiger partial charge in [0.2, 0.25) is 0 Å². The second-order valence-corrected chi connectivity index (χ2v) is 8.09. The summed E-state index contributed by atoms with van der Waals surface area (Å²) in [7, 11) is -1.11. The van der Waals surface area contributed by atoms with Crippen molar-refractivity contribution < 1.29 is 8.73 Å². The molecule has 0 saturated carbocycles. The van der Waals surface area contributed by atoms with E-state index in [1.165, 1.54) is 5.56 Å². The van der Waals surface area contributed by atoms with E-state index in [2.05, 4.69) is 29.4 Å². The molecule has 0 saturated heterocycles. The molecule has 1 unspecified atom stereocenters. The number of aromatic nitrogens is 1. The number of hydrogen-bond donors (Lipinski definition) is 0. The topological polar surface area (TPSA) is 43.1 Å². The van der Waals surface area contributed by atoms with E-state index in [9.17, 15) is 4.21 Å². The highest BCUT2D eigenvalue weighted by Crippen LogP contribution is 2.29. The molecule has 4 rings (SSSR count). The zero-order chi connectivity index (χ0) is 20.1. The molecule has 4 heteroatoms. The van der Waals surface area contributed by atoms with Crippen molar-refractivity contribution in [3.63, 3.8) is 0 Å². The van der Waals surface area contributed by atoms with Crippen LogP contribution in [0, 0.1) is 6.92 Å². The van der Waals surface area contributed by atoms with E-state index in [1.807, 2.05) is 73.7 Å². The molecule has 1 atom stereocenters. The van der Waals surface area contributed by atoms with Crippen molar-refractivity contribution >= 4 is 16.9 Å². The Hall–Kier alpha value is -3.24. The molecule has 0 aliphatic carbocycles. The smallest absolute Gasteiger partial charge is 0.174 e. The largest absolute Gasteiger partial charge is 0.355 e. The number of rotatable bonds is 6. The van der Waals surface area contributed by atoms with Gasteiger partial charge < -0.3 is 4.52 Å². The molecule has 0 amide bonds. The van der Waals surface area contributed by atoms with Crippen LogP contribution in [-0.2, 0) is 16.6 Å². The van der Waals surface area contributed by atoms with Crippen molar-refractivity contribution in [2.75, 3.05) is 0 Å². The van der Waals surface area contributed by atoms with Gasteiger partial charge in [0.15, 0.2) is 5.76 Å². The van der Waals surface area contributed by atoms with Gasteiger partial charge in [-0.2, -0.15) is 0 Å². The third kappa shape index (κ3) is 4.61. The summed E-state index contributed by atoms with van der Waals surface area (Å²) in [5.74, 6) is 1.18. The summed E-state index contributed by atoms with van der Waals surface area (Å²) in [6.45, 7) is 1.89. The van der Waals surface area contributed by atoms with Crippen LogP contribution in [-0.4, -0.2) is 9.37 Å². The third-order valence-electron chi connectivity index (χ3n) is 4.70. The average Bonchev–Trinajstić information content (AvgIpc) is 3.14. The Kier molecular flexibility index (Phi) is 5.82. The number of hydrogen-bond acceptors (Lipinski definition) is 3. The van der Waals surface area contributed by atoms with Crippen LogP contribution in [0.5, 0.6) is 0 Å². The predicted octanol–water partition coefficient (Wildman–Crippen LogP) is 6.24. The van der Waals surface area contributed by atoms with E-state index in [-0.39, 0.29) is 0 Å². The monoisotopic (exact) mass is 399 g/mol. The van der Waals surface area contributed by atoms with Gasteiger partial charge in [0.25, 0.3) is 0 Å². The first-order chi connectivity index (χ1) is 14.2. The minimum atomic E-state index is -1.11. The molecule has 3 aromatic carbocycles. The predicted molar refractivity (Wildman–Crippen MR) is 119 cm³/mol. The molecular formula is C25H21NO2S. The second kappa shape index (κ2) is 8.84. The van der Waals surface area contributed by atoms with Gasteiger partial charge in [-0.1, -0.05) is 90.1 Å². The van der Waals surface area contributed by atoms with E-state index >= 15 is 0 Å². The summed E-state index contributed by atoms with van der Waals surface area (Å²) in [6, 6.07) is 28.3. The molecule has 3 nitrogen and oxygen atoms in total. The number of aryl methyl sites for hydroxylation is 1. The molecule has 4 aromatic rings. The van der Waals surface area contributed by atoms with Crippen LogP contribution >= 0.6 is 0 Å². The standard InChI is InChI=1S/C25H21NO2S/c1-19-24(16-17-29(27)18-20-8-4-2-5-9-20)25(28-26-19)23-14-12-22(13-15-23)21-10-6-3-7-11-21/h2-17H,18H2,1H3/b17-16+. The molecule has 0 radical (unpaired) electrons. The van der Waals surface area contributed by atoms with Crippen molar-refractivity contribution in [1.29, 1.82) is 0 Å². The quantitative estimate of drug-likeness (QED) is 0.386. The highest BCUT2D eigenvalue weighted by molar-refractivity contribution is 7.87. The molecule has 29 heavy (non-hydrogen) atoms. The Bertz CT molecular complexity index is 1130. The van der Waals surface area contributed by atoms with E-state index in [4.69, 9.17) is 4.52 Å². The van der Waals surface area contributed by atoms with Crippen LogP contribution in [0.2, 0.25) is 0 Å². The molecule has 0 fully saturated rings. The first kappa shape index (κ1) is 19.1. The molecule has 1 heterocycles. The Morgan fingerprint density at radius 3 is 2.10 bits per heavy atom. The third-order valence-corrected chi connectivity index (χ3v) is 5.76. The summed E-state index contributed by atoms with van der Waals surface area (Å²) in [6.07, 6.45) is 1.85. The van der Waals surface area contributed by atoms with E-state index in [1.54, 1.807) is 5.41 Å². The zero-order valence-electron chi connectivity index (χ0n) is 16.1. The summed E-state index contributed by atoms with van der Waals surface area (Å²) >= 11 is 0. The lowest BCUT2D eigenvalue weighted by Crippen LogP contribution is -1.91. The van der Waals surface area contributed by atoms with Gasteiger partial charge in [0, 0.05) is 16.5 Å². The fourth-order valence-corrected chi connectivity index (χ4v) is 4.06. The van der Waals surface area contributed by atoms with Gasteiger partial charge in [-0.25, -0.2) is 0 Å². The maximum Gasteiger partial charge on any atom is 0.174 e. The van der Waals surface area contributed by atoms with Crippen LogP contribution in [0.3, 0.4) is 0 Å². The fourth-order valence-electron chi connectivity index (χ4n) is 3.16. The minimum absolute atomic E-state index is 0.489. The molecule has 0 bridgehead atoms. The summed E-state index contributed by atoms with van der Waals surface area (Å²) < 4.78 is 18.0. The summed E-state index contributed by atoms with van der Waals surface area (Å²) in [5, 5.41) is 5.83. The SMILES string of the molecule is Cc1noc(-c2ccc(-c3ccccc3)cc2)c1/C=C/S(=O)Cc1ccccc1. The summed E-state index contributed by atoms with van der Waals surface area (Å²) in [5.41, 5.74) is 5.95. The first-order valence-electron chi connectivity index (χ1n) is 9.42. The summed E-state index contributed by atoms with van der Waals surface area (Å²) in [4.78, 5) is 0. The van der Waals surface area contributed by atoms with Crippen molar-refractivity contribution in [3.05, 3.63) is 107 Å². The highest BCUT2D eigenvalue weighted by Gasteiger charge is 2.13. The Labute approximate surface area is 173 Å².